The highest BCUT2D eigenvalue weighted by Crippen LogP contribution is 2.20. The molecule has 0 aliphatic rings. The molecule has 0 bridgehead atoms. The Bertz CT molecular complexity index is 331. The van der Waals surface area contributed by atoms with E-state index in [2.05, 4.69) is 25.8 Å². The number of carbonyl (C=O) groups is 1. The van der Waals surface area contributed by atoms with Gasteiger partial charge in [0.05, 0.1) is 0 Å². The number of rotatable bonds is 7. The first kappa shape index (κ1) is 14.6. The lowest BCUT2D eigenvalue weighted by molar-refractivity contribution is -0.116. The van der Waals surface area contributed by atoms with Crippen LogP contribution in [-0.4, -0.2) is 5.78 Å². The Morgan fingerprint density at radius 2 is 1.81 bits per heavy atom. The third-order valence-corrected chi connectivity index (χ3v) is 2.65. The minimum atomic E-state index is 0.123. The van der Waals surface area contributed by atoms with E-state index in [1.54, 1.807) is 6.92 Å². The van der Waals surface area contributed by atoms with Gasteiger partial charge < -0.3 is 0 Å². The van der Waals surface area contributed by atoms with Crippen LogP contribution >= 0.6 is 0 Å². The van der Waals surface area contributed by atoms with E-state index in [1.807, 2.05) is 19.9 Å². The van der Waals surface area contributed by atoms with E-state index in [-0.39, 0.29) is 11.7 Å². The minimum absolute atomic E-state index is 0.123. The number of hydrogen-bond acceptors (Lipinski definition) is 1. The van der Waals surface area contributed by atoms with E-state index in [0.29, 0.717) is 12.0 Å². The van der Waals surface area contributed by atoms with Gasteiger partial charge in [-0.25, -0.2) is 0 Å². The summed E-state index contributed by atoms with van der Waals surface area (Å²) < 4.78 is 0. The van der Waals surface area contributed by atoms with E-state index in [0.717, 1.165) is 17.6 Å². The topological polar surface area (TPSA) is 17.1 Å². The Hall–Kier alpha value is -1.37. The second kappa shape index (κ2) is 7.00. The van der Waals surface area contributed by atoms with Gasteiger partial charge in [-0.1, -0.05) is 43.0 Å². The van der Waals surface area contributed by atoms with Gasteiger partial charge in [0, 0.05) is 6.42 Å². The summed E-state index contributed by atoms with van der Waals surface area (Å²) in [6, 6.07) is 0. The molecule has 0 rings (SSSR count). The molecule has 0 aliphatic carbocycles. The fourth-order valence-corrected chi connectivity index (χ4v) is 1.27. The maximum absolute atomic E-state index is 11.6. The van der Waals surface area contributed by atoms with Crippen LogP contribution in [0.1, 0.15) is 33.6 Å². The summed E-state index contributed by atoms with van der Waals surface area (Å²) in [4.78, 5) is 11.6. The van der Waals surface area contributed by atoms with Gasteiger partial charge in [-0.2, -0.15) is 0 Å². The predicted octanol–water partition coefficient (Wildman–Crippen LogP) is 4.24. The van der Waals surface area contributed by atoms with E-state index < -0.39 is 0 Å². The number of ketones is 1. The van der Waals surface area contributed by atoms with Gasteiger partial charge in [-0.05, 0) is 38.7 Å². The van der Waals surface area contributed by atoms with Crippen molar-refractivity contribution in [3.05, 3.63) is 48.6 Å². The minimum Gasteiger partial charge on any atom is -0.295 e. The van der Waals surface area contributed by atoms with Crippen molar-refractivity contribution < 1.29 is 4.79 Å². The van der Waals surface area contributed by atoms with Crippen molar-refractivity contribution in [3.8, 4) is 0 Å². The molecular formula is C15H22O. The zero-order valence-electron chi connectivity index (χ0n) is 10.7. The lowest BCUT2D eigenvalue weighted by Gasteiger charge is -2.14. The van der Waals surface area contributed by atoms with Crippen LogP contribution in [0.4, 0.5) is 0 Å². The molecule has 0 saturated heterocycles. The second-order valence-electron chi connectivity index (χ2n) is 4.34. The van der Waals surface area contributed by atoms with E-state index in [4.69, 9.17) is 0 Å². The summed E-state index contributed by atoms with van der Waals surface area (Å²) in [6.45, 7) is 17.0. The second-order valence-corrected chi connectivity index (χ2v) is 4.34. The largest absolute Gasteiger partial charge is 0.295 e. The molecule has 0 aliphatic heterocycles. The number of carbonyl (C=O) groups excluding carboxylic acids is 1. The van der Waals surface area contributed by atoms with Crippen molar-refractivity contribution in [2.75, 3.05) is 0 Å². The molecule has 1 atom stereocenters. The summed E-state index contributed by atoms with van der Waals surface area (Å²) in [5.74, 6) is 0.330. The van der Waals surface area contributed by atoms with Gasteiger partial charge in [-0.3, -0.25) is 4.79 Å². The maximum atomic E-state index is 11.6. The number of hydrogen-bond donors (Lipinski definition) is 0. The fourth-order valence-electron chi connectivity index (χ4n) is 1.27. The molecule has 0 N–H and O–H groups in total. The Balaban J connectivity index is 4.52. The molecule has 0 fully saturated rings. The third kappa shape index (κ3) is 5.50. The first-order valence-electron chi connectivity index (χ1n) is 5.51. The number of Topliss-reactive ketones (excluding diaryl/α,β-unsaturated/α-hetero) is 1. The predicted molar refractivity (Wildman–Crippen MR) is 71.3 cm³/mol. The van der Waals surface area contributed by atoms with Gasteiger partial charge >= 0.3 is 0 Å². The monoisotopic (exact) mass is 218 g/mol. The SMILES string of the molecule is C=C/C(C)=C\C[C@@H](CC(=O)C(=C)C)C(=C)C. The van der Waals surface area contributed by atoms with Gasteiger partial charge in [-0.15, -0.1) is 0 Å². The quantitative estimate of drug-likeness (QED) is 0.355. The molecule has 0 saturated carbocycles. The highest BCUT2D eigenvalue weighted by molar-refractivity contribution is 5.94. The summed E-state index contributed by atoms with van der Waals surface area (Å²) in [6.07, 6.45) is 5.26. The van der Waals surface area contributed by atoms with Gasteiger partial charge in [0.15, 0.2) is 5.78 Å². The van der Waals surface area contributed by atoms with E-state index in [9.17, 15) is 4.79 Å². The molecule has 0 aromatic heterocycles. The normalized spacial score (nSPS) is 13.1. The Labute approximate surface area is 99.3 Å². The molecule has 1 heteroatoms. The van der Waals surface area contributed by atoms with Crippen LogP contribution < -0.4 is 0 Å². The molecular weight excluding hydrogens is 196 g/mol. The molecule has 0 spiro atoms. The van der Waals surface area contributed by atoms with Crippen LogP contribution in [0.2, 0.25) is 0 Å². The zero-order chi connectivity index (χ0) is 12.7. The molecule has 1 nitrogen and oxygen atoms in total. The molecule has 0 heterocycles. The summed E-state index contributed by atoms with van der Waals surface area (Å²) >= 11 is 0. The number of allylic oxidation sites excluding steroid dienone is 5. The van der Waals surface area contributed by atoms with Gasteiger partial charge in [0.1, 0.15) is 0 Å². The summed E-state index contributed by atoms with van der Waals surface area (Å²) in [5, 5.41) is 0. The van der Waals surface area contributed by atoms with Crippen LogP contribution in [0, 0.1) is 5.92 Å². The van der Waals surface area contributed by atoms with Crippen LogP contribution in [-0.2, 0) is 4.79 Å². The average molecular weight is 218 g/mol. The van der Waals surface area contributed by atoms with Crippen molar-refractivity contribution in [1.29, 1.82) is 0 Å². The molecule has 0 unspecified atom stereocenters. The van der Waals surface area contributed by atoms with Crippen molar-refractivity contribution in [2.45, 2.75) is 33.6 Å². The summed E-state index contributed by atoms with van der Waals surface area (Å²) in [5.41, 5.74) is 2.80. The van der Waals surface area contributed by atoms with Crippen molar-refractivity contribution in [3.63, 3.8) is 0 Å². The lowest BCUT2D eigenvalue weighted by atomic mass is 9.90. The average Bonchev–Trinajstić information content (AvgIpc) is 2.22. The Morgan fingerprint density at radius 1 is 1.25 bits per heavy atom. The van der Waals surface area contributed by atoms with Crippen LogP contribution in [0.25, 0.3) is 0 Å². The van der Waals surface area contributed by atoms with E-state index >= 15 is 0 Å². The fraction of sp³-hybridized carbons (Fsp3) is 0.400. The van der Waals surface area contributed by atoms with Crippen molar-refractivity contribution >= 4 is 5.78 Å². The smallest absolute Gasteiger partial charge is 0.158 e. The van der Waals surface area contributed by atoms with Crippen LogP contribution in [0.15, 0.2) is 48.6 Å². The first-order valence-corrected chi connectivity index (χ1v) is 5.51. The lowest BCUT2D eigenvalue weighted by Crippen LogP contribution is -2.09. The van der Waals surface area contributed by atoms with Crippen LogP contribution in [0.5, 0.6) is 0 Å². The molecule has 0 radical (unpaired) electrons. The summed E-state index contributed by atoms with van der Waals surface area (Å²) in [7, 11) is 0. The van der Waals surface area contributed by atoms with Crippen molar-refractivity contribution in [1.82, 2.24) is 0 Å². The molecule has 0 aromatic rings. The Kier molecular flexibility index (Phi) is 6.40. The van der Waals surface area contributed by atoms with Gasteiger partial charge in [0.2, 0.25) is 0 Å². The van der Waals surface area contributed by atoms with Gasteiger partial charge in [0.25, 0.3) is 0 Å². The molecule has 0 aromatic carbocycles. The highest BCUT2D eigenvalue weighted by Gasteiger charge is 2.13. The van der Waals surface area contributed by atoms with E-state index in [1.165, 1.54) is 0 Å². The third-order valence-electron chi connectivity index (χ3n) is 2.65. The van der Waals surface area contributed by atoms with Crippen molar-refractivity contribution in [2.24, 2.45) is 5.92 Å². The Morgan fingerprint density at radius 3 is 2.19 bits per heavy atom. The highest BCUT2D eigenvalue weighted by atomic mass is 16.1. The molecule has 16 heavy (non-hydrogen) atoms. The maximum Gasteiger partial charge on any atom is 0.158 e. The van der Waals surface area contributed by atoms with Crippen LogP contribution in [0.3, 0.4) is 0 Å². The zero-order valence-corrected chi connectivity index (χ0v) is 10.7. The standard InChI is InChI=1S/C15H22O/c1-7-13(6)8-9-14(11(2)3)10-15(16)12(4)5/h7-8,14H,1-2,4,9-10H2,3,5-6H3/b13-8-/t14-/m0/s1. The molecule has 88 valence electrons. The first-order chi connectivity index (χ1) is 7.38. The molecule has 0 amide bonds.